The summed E-state index contributed by atoms with van der Waals surface area (Å²) in [6, 6.07) is 5.67. The molecule has 0 fully saturated rings. The predicted octanol–water partition coefficient (Wildman–Crippen LogP) is 2.84. The van der Waals surface area contributed by atoms with Crippen LogP contribution in [0, 0.1) is 0 Å². The fourth-order valence-corrected chi connectivity index (χ4v) is 1.88. The first-order chi connectivity index (χ1) is 8.61. The van der Waals surface area contributed by atoms with Gasteiger partial charge in [-0.25, -0.2) is 0 Å². The molecule has 0 saturated heterocycles. The van der Waals surface area contributed by atoms with Gasteiger partial charge in [-0.2, -0.15) is 0 Å². The fraction of sp³-hybridized carbons (Fsp3) is 0.357. The van der Waals surface area contributed by atoms with E-state index < -0.39 is 5.97 Å². The number of carbonyl (C=O) groups is 1. The van der Waals surface area contributed by atoms with Crippen molar-refractivity contribution in [3.05, 3.63) is 30.0 Å². The minimum absolute atomic E-state index is 0.0322. The van der Waals surface area contributed by atoms with Crippen molar-refractivity contribution in [2.75, 3.05) is 7.11 Å². The van der Waals surface area contributed by atoms with Gasteiger partial charge in [0, 0.05) is 24.1 Å². The average Bonchev–Trinajstić information content (AvgIpc) is 2.67. The number of hydrogen-bond acceptors (Lipinski definition) is 2. The van der Waals surface area contributed by atoms with Crippen molar-refractivity contribution >= 4 is 16.9 Å². The SMILES string of the molecule is CC.COc1ccc2c(c1)c(CC(=O)O)cn2C. The molecular weight excluding hydrogens is 230 g/mol. The molecule has 2 aromatic rings. The second kappa shape index (κ2) is 6.10. The summed E-state index contributed by atoms with van der Waals surface area (Å²) in [4.78, 5) is 10.7. The highest BCUT2D eigenvalue weighted by atomic mass is 16.5. The summed E-state index contributed by atoms with van der Waals surface area (Å²) in [6.45, 7) is 4.00. The van der Waals surface area contributed by atoms with Crippen LogP contribution in [0.4, 0.5) is 0 Å². The molecule has 1 aromatic heterocycles. The van der Waals surface area contributed by atoms with Gasteiger partial charge < -0.3 is 14.4 Å². The molecule has 0 amide bonds. The molecule has 4 heteroatoms. The highest BCUT2D eigenvalue weighted by molar-refractivity contribution is 5.88. The Labute approximate surface area is 107 Å². The number of aromatic nitrogens is 1. The smallest absolute Gasteiger partial charge is 0.307 e. The van der Waals surface area contributed by atoms with Crippen LogP contribution in [0.3, 0.4) is 0 Å². The molecule has 0 radical (unpaired) electrons. The molecule has 98 valence electrons. The average molecular weight is 249 g/mol. The third-order valence-corrected chi connectivity index (χ3v) is 2.62. The van der Waals surface area contributed by atoms with Gasteiger partial charge >= 0.3 is 5.97 Å². The Balaban J connectivity index is 0.000000771. The van der Waals surface area contributed by atoms with E-state index in [0.29, 0.717) is 0 Å². The third kappa shape index (κ3) is 2.83. The summed E-state index contributed by atoms with van der Waals surface area (Å²) in [7, 11) is 3.50. The maximum atomic E-state index is 10.7. The van der Waals surface area contributed by atoms with Gasteiger partial charge in [0.05, 0.1) is 13.5 Å². The number of carboxylic acids is 1. The lowest BCUT2D eigenvalue weighted by atomic mass is 10.1. The highest BCUT2D eigenvalue weighted by Gasteiger charge is 2.10. The second-order valence-corrected chi connectivity index (χ2v) is 3.72. The van der Waals surface area contributed by atoms with Crippen molar-refractivity contribution in [3.8, 4) is 5.75 Å². The van der Waals surface area contributed by atoms with Crippen LogP contribution >= 0.6 is 0 Å². The minimum Gasteiger partial charge on any atom is -0.497 e. The van der Waals surface area contributed by atoms with Crippen LogP contribution in [-0.4, -0.2) is 22.8 Å². The van der Waals surface area contributed by atoms with Gasteiger partial charge in [-0.15, -0.1) is 0 Å². The molecule has 4 nitrogen and oxygen atoms in total. The molecule has 1 aromatic carbocycles. The first-order valence-corrected chi connectivity index (χ1v) is 5.95. The first-order valence-electron chi connectivity index (χ1n) is 5.95. The van der Waals surface area contributed by atoms with Gasteiger partial charge in [0.2, 0.25) is 0 Å². The molecule has 1 heterocycles. The lowest BCUT2D eigenvalue weighted by Crippen LogP contribution is -1.99. The number of benzene rings is 1. The second-order valence-electron chi connectivity index (χ2n) is 3.72. The molecule has 0 bridgehead atoms. The van der Waals surface area contributed by atoms with Crippen LogP contribution in [0.25, 0.3) is 10.9 Å². The van der Waals surface area contributed by atoms with Crippen molar-refractivity contribution in [1.29, 1.82) is 0 Å². The van der Waals surface area contributed by atoms with E-state index in [9.17, 15) is 4.79 Å². The number of nitrogens with zero attached hydrogens (tertiary/aromatic N) is 1. The lowest BCUT2D eigenvalue weighted by molar-refractivity contribution is -0.136. The van der Waals surface area contributed by atoms with E-state index in [1.165, 1.54) is 0 Å². The van der Waals surface area contributed by atoms with E-state index in [2.05, 4.69) is 0 Å². The normalized spacial score (nSPS) is 9.78. The van der Waals surface area contributed by atoms with Crippen LogP contribution in [0.5, 0.6) is 5.75 Å². The summed E-state index contributed by atoms with van der Waals surface area (Å²) in [5.74, 6) is -0.0827. The molecule has 0 aliphatic heterocycles. The quantitative estimate of drug-likeness (QED) is 0.910. The van der Waals surface area contributed by atoms with Crippen molar-refractivity contribution in [2.45, 2.75) is 20.3 Å². The Bertz CT molecular complexity index is 543. The molecule has 0 saturated carbocycles. The number of carboxylic acid groups (broad SMARTS) is 1. The van der Waals surface area contributed by atoms with E-state index >= 15 is 0 Å². The molecule has 1 N–H and O–H groups in total. The number of hydrogen-bond donors (Lipinski definition) is 1. The molecule has 2 rings (SSSR count). The van der Waals surface area contributed by atoms with E-state index in [-0.39, 0.29) is 6.42 Å². The molecule has 0 unspecified atom stereocenters. The zero-order valence-corrected chi connectivity index (χ0v) is 11.2. The Morgan fingerprint density at radius 1 is 1.39 bits per heavy atom. The van der Waals surface area contributed by atoms with Crippen LogP contribution in [0.2, 0.25) is 0 Å². The number of rotatable bonds is 3. The Morgan fingerprint density at radius 2 is 2.06 bits per heavy atom. The van der Waals surface area contributed by atoms with Crippen LogP contribution in [0.15, 0.2) is 24.4 Å². The minimum atomic E-state index is -0.824. The molecular formula is C14H19NO3. The van der Waals surface area contributed by atoms with E-state index in [1.54, 1.807) is 7.11 Å². The molecule has 0 aliphatic carbocycles. The van der Waals surface area contributed by atoms with E-state index in [0.717, 1.165) is 22.2 Å². The van der Waals surface area contributed by atoms with Gasteiger partial charge in [-0.3, -0.25) is 4.79 Å². The summed E-state index contributed by atoms with van der Waals surface area (Å²) < 4.78 is 7.06. The number of fused-ring (bicyclic) bond motifs is 1. The van der Waals surface area contributed by atoms with Crippen molar-refractivity contribution in [2.24, 2.45) is 7.05 Å². The van der Waals surface area contributed by atoms with Gasteiger partial charge in [0.25, 0.3) is 0 Å². The zero-order chi connectivity index (χ0) is 13.7. The topological polar surface area (TPSA) is 51.5 Å². The first kappa shape index (κ1) is 14.1. The molecule has 0 atom stereocenters. The summed E-state index contributed by atoms with van der Waals surface area (Å²) >= 11 is 0. The van der Waals surface area contributed by atoms with E-state index in [4.69, 9.17) is 9.84 Å². The van der Waals surface area contributed by atoms with Gasteiger partial charge in [-0.1, -0.05) is 13.8 Å². The molecule has 0 spiro atoms. The van der Waals surface area contributed by atoms with Crippen LogP contribution in [-0.2, 0) is 18.3 Å². The van der Waals surface area contributed by atoms with Gasteiger partial charge in [0.1, 0.15) is 5.75 Å². The largest absolute Gasteiger partial charge is 0.497 e. The summed E-state index contributed by atoms with van der Waals surface area (Å²) in [5.41, 5.74) is 1.82. The maximum absolute atomic E-state index is 10.7. The number of aliphatic carboxylic acids is 1. The Morgan fingerprint density at radius 3 is 2.61 bits per heavy atom. The predicted molar refractivity (Wildman–Crippen MR) is 72.2 cm³/mol. The Hall–Kier alpha value is -1.97. The fourth-order valence-electron chi connectivity index (χ4n) is 1.88. The summed E-state index contributed by atoms with van der Waals surface area (Å²) in [6.07, 6.45) is 1.88. The highest BCUT2D eigenvalue weighted by Crippen LogP contribution is 2.25. The standard InChI is InChI=1S/C12H13NO3.C2H6/c1-13-7-8(5-12(14)15)10-6-9(16-2)3-4-11(10)13;1-2/h3-4,6-7H,5H2,1-2H3,(H,14,15);1-2H3. The lowest BCUT2D eigenvalue weighted by Gasteiger charge is -2.01. The Kier molecular flexibility index (Phi) is 4.77. The third-order valence-electron chi connectivity index (χ3n) is 2.62. The van der Waals surface area contributed by atoms with Crippen molar-refractivity contribution in [1.82, 2.24) is 4.57 Å². The number of aryl methyl sites for hydroxylation is 1. The van der Waals surface area contributed by atoms with Gasteiger partial charge in [0.15, 0.2) is 0 Å². The monoisotopic (exact) mass is 249 g/mol. The van der Waals surface area contributed by atoms with Crippen LogP contribution < -0.4 is 4.74 Å². The maximum Gasteiger partial charge on any atom is 0.307 e. The van der Waals surface area contributed by atoms with Crippen LogP contribution in [0.1, 0.15) is 19.4 Å². The number of ether oxygens (including phenoxy) is 1. The van der Waals surface area contributed by atoms with Crippen molar-refractivity contribution < 1.29 is 14.6 Å². The molecule has 18 heavy (non-hydrogen) atoms. The van der Waals surface area contributed by atoms with Gasteiger partial charge in [-0.05, 0) is 23.8 Å². The zero-order valence-electron chi connectivity index (χ0n) is 11.2. The summed E-state index contributed by atoms with van der Waals surface area (Å²) in [5, 5.41) is 9.76. The van der Waals surface area contributed by atoms with Crippen molar-refractivity contribution in [3.63, 3.8) is 0 Å². The van der Waals surface area contributed by atoms with E-state index in [1.807, 2.05) is 49.9 Å². The molecule has 0 aliphatic rings. The number of methoxy groups -OCH3 is 1.